The van der Waals surface area contributed by atoms with Crippen molar-refractivity contribution in [3.05, 3.63) is 16.3 Å². The van der Waals surface area contributed by atoms with E-state index >= 15 is 0 Å². The van der Waals surface area contributed by atoms with Crippen molar-refractivity contribution in [3.8, 4) is 0 Å². The predicted molar refractivity (Wildman–Crippen MR) is 88.4 cm³/mol. The second-order valence-electron chi connectivity index (χ2n) is 6.14. The number of carbonyl (C=O) groups is 2. The Morgan fingerprint density at radius 2 is 1.95 bits per heavy atom. The number of rotatable bonds is 3. The molecule has 3 rings (SSSR count). The maximum absolute atomic E-state index is 12.6. The van der Waals surface area contributed by atoms with Crippen molar-refractivity contribution in [2.75, 3.05) is 32.0 Å². The zero-order chi connectivity index (χ0) is 15.5. The van der Waals surface area contributed by atoms with E-state index in [1.807, 2.05) is 23.4 Å². The molecule has 1 N–H and O–H groups in total. The van der Waals surface area contributed by atoms with E-state index in [0.717, 1.165) is 45.3 Å². The van der Waals surface area contributed by atoms with E-state index in [1.54, 1.807) is 0 Å². The van der Waals surface area contributed by atoms with Gasteiger partial charge in [-0.05, 0) is 57.1 Å². The van der Waals surface area contributed by atoms with Gasteiger partial charge in [0, 0.05) is 13.1 Å². The van der Waals surface area contributed by atoms with Gasteiger partial charge in [-0.3, -0.25) is 14.5 Å². The number of amides is 2. The van der Waals surface area contributed by atoms with Crippen LogP contribution in [-0.4, -0.2) is 54.3 Å². The molecule has 2 amide bonds. The highest BCUT2D eigenvalue weighted by molar-refractivity contribution is 7.12. The van der Waals surface area contributed by atoms with Gasteiger partial charge >= 0.3 is 0 Å². The van der Waals surface area contributed by atoms with Crippen LogP contribution in [0.1, 0.15) is 41.8 Å². The first kappa shape index (κ1) is 15.5. The summed E-state index contributed by atoms with van der Waals surface area (Å²) in [5.74, 6) is 0.0656. The van der Waals surface area contributed by atoms with Crippen LogP contribution in [-0.2, 0) is 4.79 Å². The molecule has 6 heteroatoms. The van der Waals surface area contributed by atoms with E-state index in [1.165, 1.54) is 17.8 Å². The molecule has 0 aliphatic carbocycles. The van der Waals surface area contributed by atoms with Crippen LogP contribution in [0.25, 0.3) is 0 Å². The van der Waals surface area contributed by atoms with Gasteiger partial charge < -0.3 is 10.2 Å². The van der Waals surface area contributed by atoms with Gasteiger partial charge in [-0.1, -0.05) is 0 Å². The Kier molecular flexibility index (Phi) is 4.78. The number of carbonyl (C=O) groups excluding carboxylic acids is 2. The van der Waals surface area contributed by atoms with Gasteiger partial charge in [0.25, 0.3) is 5.91 Å². The molecule has 120 valence electrons. The zero-order valence-corrected chi connectivity index (χ0v) is 13.8. The molecule has 1 atom stereocenters. The average molecular weight is 321 g/mol. The van der Waals surface area contributed by atoms with Gasteiger partial charge in [0.1, 0.15) is 4.88 Å². The van der Waals surface area contributed by atoms with Gasteiger partial charge in [0.05, 0.1) is 11.7 Å². The van der Waals surface area contributed by atoms with Gasteiger partial charge in [-0.15, -0.1) is 11.3 Å². The summed E-state index contributed by atoms with van der Waals surface area (Å²) >= 11 is 1.42. The summed E-state index contributed by atoms with van der Waals surface area (Å²) in [4.78, 5) is 29.7. The third-order valence-electron chi connectivity index (χ3n) is 4.58. The maximum atomic E-state index is 12.6. The molecule has 0 spiro atoms. The van der Waals surface area contributed by atoms with Crippen LogP contribution in [0, 0.1) is 0 Å². The van der Waals surface area contributed by atoms with E-state index in [0.29, 0.717) is 10.6 Å². The number of thiophene rings is 1. The lowest BCUT2D eigenvalue weighted by atomic mass is 10.1. The number of nitrogens with zero attached hydrogens (tertiary/aromatic N) is 2. The van der Waals surface area contributed by atoms with Crippen LogP contribution >= 0.6 is 11.3 Å². The molecule has 3 heterocycles. The molecule has 0 unspecified atom stereocenters. The van der Waals surface area contributed by atoms with Crippen LogP contribution in [0.4, 0.5) is 5.69 Å². The van der Waals surface area contributed by atoms with Crippen LogP contribution in [0.15, 0.2) is 11.4 Å². The Labute approximate surface area is 135 Å². The highest BCUT2D eigenvalue weighted by Gasteiger charge is 2.29. The number of piperidine rings is 1. The normalized spacial score (nSPS) is 22.8. The van der Waals surface area contributed by atoms with Crippen molar-refractivity contribution in [2.45, 2.75) is 38.1 Å². The Morgan fingerprint density at radius 1 is 1.18 bits per heavy atom. The summed E-state index contributed by atoms with van der Waals surface area (Å²) in [5, 5.41) is 4.85. The minimum atomic E-state index is -0.0714. The summed E-state index contributed by atoms with van der Waals surface area (Å²) in [6.07, 6.45) is 5.29. The number of anilines is 1. The Morgan fingerprint density at radius 3 is 2.64 bits per heavy atom. The van der Waals surface area contributed by atoms with Crippen molar-refractivity contribution in [1.82, 2.24) is 9.80 Å². The van der Waals surface area contributed by atoms with Crippen LogP contribution in [0.5, 0.6) is 0 Å². The number of likely N-dealkylation sites (tertiary alicyclic amines) is 2. The fourth-order valence-electron chi connectivity index (χ4n) is 3.27. The first-order valence-electron chi connectivity index (χ1n) is 8.04. The molecule has 2 saturated heterocycles. The first-order valence-corrected chi connectivity index (χ1v) is 8.92. The highest BCUT2D eigenvalue weighted by Crippen LogP contribution is 2.26. The van der Waals surface area contributed by atoms with Crippen molar-refractivity contribution in [1.29, 1.82) is 0 Å². The summed E-state index contributed by atoms with van der Waals surface area (Å²) < 4.78 is 0. The van der Waals surface area contributed by atoms with Crippen molar-refractivity contribution in [2.24, 2.45) is 0 Å². The molecule has 2 aliphatic heterocycles. The lowest BCUT2D eigenvalue weighted by molar-refractivity contribution is -0.119. The number of likely N-dealkylation sites (N-methyl/N-ethyl adjacent to an activating group) is 1. The average Bonchev–Trinajstić information content (AvgIpc) is 3.16. The first-order chi connectivity index (χ1) is 10.7. The third-order valence-corrected chi connectivity index (χ3v) is 5.49. The topological polar surface area (TPSA) is 52.7 Å². The molecule has 2 aliphatic rings. The molecule has 1 aromatic heterocycles. The van der Waals surface area contributed by atoms with Gasteiger partial charge in [0.15, 0.2) is 0 Å². The summed E-state index contributed by atoms with van der Waals surface area (Å²) in [5.41, 5.74) is 0.672. The monoisotopic (exact) mass is 321 g/mol. The number of nitrogens with one attached hydrogen (secondary N) is 1. The zero-order valence-electron chi connectivity index (χ0n) is 13.0. The van der Waals surface area contributed by atoms with E-state index in [-0.39, 0.29) is 17.9 Å². The molecular formula is C16H23N3O2S. The molecule has 0 saturated carbocycles. The lowest BCUT2D eigenvalue weighted by Gasteiger charge is -2.26. The Bertz CT molecular complexity index is 551. The number of hydrogen-bond acceptors (Lipinski definition) is 4. The summed E-state index contributed by atoms with van der Waals surface area (Å²) in [7, 11) is 1.98. The fourth-order valence-corrected chi connectivity index (χ4v) is 4.09. The second-order valence-corrected chi connectivity index (χ2v) is 7.06. The molecule has 2 fully saturated rings. The molecule has 0 radical (unpaired) electrons. The summed E-state index contributed by atoms with van der Waals surface area (Å²) in [6.45, 7) is 2.62. The Balaban J connectivity index is 1.69. The fraction of sp³-hybridized carbons (Fsp3) is 0.625. The minimum absolute atomic E-state index is 0.00564. The Hall–Kier alpha value is -1.40. The van der Waals surface area contributed by atoms with Gasteiger partial charge in [-0.2, -0.15) is 0 Å². The van der Waals surface area contributed by atoms with E-state index < -0.39 is 0 Å². The van der Waals surface area contributed by atoms with Gasteiger partial charge in [-0.25, -0.2) is 0 Å². The van der Waals surface area contributed by atoms with E-state index in [4.69, 9.17) is 0 Å². The summed E-state index contributed by atoms with van der Waals surface area (Å²) in [6, 6.07) is 1.77. The standard InChI is InChI=1S/C16H23N3O2S/c1-18-8-5-6-13(18)15(20)17-12-7-11-22-14(12)16(21)19-9-3-2-4-10-19/h7,11,13H,2-6,8-10H2,1H3,(H,17,20)/t13-/m1/s1. The van der Waals surface area contributed by atoms with Gasteiger partial charge in [0.2, 0.25) is 5.91 Å². The van der Waals surface area contributed by atoms with E-state index in [9.17, 15) is 9.59 Å². The van der Waals surface area contributed by atoms with Crippen molar-refractivity contribution < 1.29 is 9.59 Å². The SMILES string of the molecule is CN1CCC[C@@H]1C(=O)Nc1ccsc1C(=O)N1CCCCC1. The van der Waals surface area contributed by atoms with Crippen LogP contribution in [0.2, 0.25) is 0 Å². The van der Waals surface area contributed by atoms with Crippen LogP contribution in [0.3, 0.4) is 0 Å². The van der Waals surface area contributed by atoms with Crippen molar-refractivity contribution >= 4 is 28.8 Å². The molecule has 22 heavy (non-hydrogen) atoms. The van der Waals surface area contributed by atoms with Crippen molar-refractivity contribution in [3.63, 3.8) is 0 Å². The molecule has 5 nitrogen and oxygen atoms in total. The predicted octanol–water partition coefficient (Wildman–Crippen LogP) is 2.41. The van der Waals surface area contributed by atoms with E-state index in [2.05, 4.69) is 10.2 Å². The largest absolute Gasteiger partial charge is 0.338 e. The molecule has 0 bridgehead atoms. The maximum Gasteiger partial charge on any atom is 0.266 e. The molecular weight excluding hydrogens is 298 g/mol. The smallest absolute Gasteiger partial charge is 0.266 e. The second kappa shape index (κ2) is 6.79. The molecule has 0 aromatic carbocycles. The number of hydrogen-bond donors (Lipinski definition) is 1. The highest BCUT2D eigenvalue weighted by atomic mass is 32.1. The lowest BCUT2D eigenvalue weighted by Crippen LogP contribution is -2.38. The minimum Gasteiger partial charge on any atom is -0.338 e. The molecule has 1 aromatic rings. The third kappa shape index (κ3) is 3.17. The van der Waals surface area contributed by atoms with Crippen LogP contribution < -0.4 is 5.32 Å². The quantitative estimate of drug-likeness (QED) is 0.930.